The Morgan fingerprint density at radius 3 is 2.27 bits per heavy atom. The Morgan fingerprint density at radius 1 is 0.909 bits per heavy atom. The molecule has 1 N–H and O–H groups in total. The van der Waals surface area contributed by atoms with E-state index in [1.54, 1.807) is 37.4 Å². The second kappa shape index (κ2) is 12.2. The highest BCUT2D eigenvalue weighted by atomic mass is 32.2. The average molecular weight is 480 g/mol. The molecule has 0 heterocycles. The van der Waals surface area contributed by atoms with Crippen LogP contribution in [0.4, 0.5) is 10.5 Å². The molecule has 3 aromatic carbocycles. The van der Waals surface area contributed by atoms with Gasteiger partial charge in [-0.05, 0) is 56.3 Å². The van der Waals surface area contributed by atoms with Crippen LogP contribution in [-0.4, -0.2) is 24.8 Å². The maximum Gasteiger partial charge on any atom is 0.412 e. The number of amides is 1. The van der Waals surface area contributed by atoms with Crippen molar-refractivity contribution in [2.24, 2.45) is 0 Å². The lowest BCUT2D eigenvalue weighted by Gasteiger charge is -2.15. The van der Waals surface area contributed by atoms with Gasteiger partial charge in [0.1, 0.15) is 12.7 Å². The van der Waals surface area contributed by atoms with Crippen LogP contribution in [0.15, 0.2) is 111 Å². The Kier molecular flexibility index (Phi) is 9.04. The van der Waals surface area contributed by atoms with E-state index in [1.807, 2.05) is 54.6 Å². The summed E-state index contributed by atoms with van der Waals surface area (Å²) in [6.45, 7) is 6.70. The van der Waals surface area contributed by atoms with Crippen LogP contribution in [0.5, 0.6) is 0 Å². The Labute approximate surface area is 202 Å². The van der Waals surface area contributed by atoms with Crippen molar-refractivity contribution in [2.45, 2.75) is 39.5 Å². The highest BCUT2D eigenvalue weighted by Crippen LogP contribution is 2.36. The third kappa shape index (κ3) is 8.04. The average Bonchev–Trinajstić information content (AvgIpc) is 2.79. The van der Waals surface area contributed by atoms with Crippen LogP contribution < -0.4 is 5.32 Å². The number of nitrogens with one attached hydrogen (secondary N) is 1. The van der Waals surface area contributed by atoms with E-state index in [4.69, 9.17) is 9.47 Å². The molecule has 0 aliphatic carbocycles. The highest BCUT2D eigenvalue weighted by molar-refractivity contribution is 8.00. The van der Waals surface area contributed by atoms with Gasteiger partial charge in [-0.25, -0.2) is 9.59 Å². The molecule has 33 heavy (non-hydrogen) atoms. The first-order valence-corrected chi connectivity index (χ1v) is 11.9. The third-order valence-electron chi connectivity index (χ3n) is 4.24. The zero-order valence-corrected chi connectivity index (χ0v) is 20.1. The molecule has 0 aromatic heterocycles. The fourth-order valence-electron chi connectivity index (χ4n) is 2.68. The fraction of sp³-hybridized carbons (Fsp3) is 0.154. The second-order valence-corrected chi connectivity index (χ2v) is 9.47. The number of hydrogen-bond donors (Lipinski definition) is 1. The summed E-state index contributed by atoms with van der Waals surface area (Å²) in [6.07, 6.45) is -1.21. The maximum absolute atomic E-state index is 12.4. The van der Waals surface area contributed by atoms with E-state index in [-0.39, 0.29) is 6.61 Å². The molecular weight excluding hydrogens is 454 g/mol. The van der Waals surface area contributed by atoms with Crippen molar-refractivity contribution in [3.63, 3.8) is 0 Å². The number of hydrogen-bond acceptors (Lipinski definition) is 6. The number of esters is 1. The standard InChI is InChI=1S/C26H25NO4S2/c1-18(2)25(28)30-17-19(3)31-26(29)27-23-14-7-8-15-24(23)33-22-13-9-12-21(16-22)32-20-10-5-4-6-11-20/h4-16,19H,1,17H2,2-3H3,(H,27,29). The molecule has 0 spiro atoms. The zero-order chi connectivity index (χ0) is 23.6. The van der Waals surface area contributed by atoms with Gasteiger partial charge in [-0.2, -0.15) is 0 Å². The summed E-state index contributed by atoms with van der Waals surface area (Å²) in [5.41, 5.74) is 0.934. The van der Waals surface area contributed by atoms with Gasteiger partial charge in [0.25, 0.3) is 0 Å². The lowest BCUT2D eigenvalue weighted by molar-refractivity contribution is -0.141. The highest BCUT2D eigenvalue weighted by Gasteiger charge is 2.14. The van der Waals surface area contributed by atoms with Crippen molar-refractivity contribution in [1.82, 2.24) is 0 Å². The van der Waals surface area contributed by atoms with Crippen LogP contribution in [0, 0.1) is 0 Å². The van der Waals surface area contributed by atoms with Crippen LogP contribution in [0.2, 0.25) is 0 Å². The fourth-order valence-corrected chi connectivity index (χ4v) is 4.62. The Morgan fingerprint density at radius 2 is 1.55 bits per heavy atom. The van der Waals surface area contributed by atoms with Crippen LogP contribution in [0.3, 0.4) is 0 Å². The van der Waals surface area contributed by atoms with E-state index in [9.17, 15) is 9.59 Å². The van der Waals surface area contributed by atoms with Crippen LogP contribution >= 0.6 is 23.5 Å². The summed E-state index contributed by atoms with van der Waals surface area (Å²) in [4.78, 5) is 28.1. The second-order valence-electron chi connectivity index (χ2n) is 7.21. The SMILES string of the molecule is C=C(C)C(=O)OCC(C)OC(=O)Nc1ccccc1Sc1cccc(Sc2ccccc2)c1. The third-order valence-corrected chi connectivity index (χ3v) is 6.30. The maximum atomic E-state index is 12.4. The van der Waals surface area contributed by atoms with E-state index >= 15 is 0 Å². The largest absolute Gasteiger partial charge is 0.458 e. The Balaban J connectivity index is 1.61. The van der Waals surface area contributed by atoms with Crippen molar-refractivity contribution in [2.75, 3.05) is 11.9 Å². The summed E-state index contributed by atoms with van der Waals surface area (Å²) < 4.78 is 10.3. The lowest BCUT2D eigenvalue weighted by atomic mass is 10.3. The van der Waals surface area contributed by atoms with Gasteiger partial charge in [0.05, 0.1) is 5.69 Å². The van der Waals surface area contributed by atoms with E-state index in [0.717, 1.165) is 14.7 Å². The zero-order valence-electron chi connectivity index (χ0n) is 18.4. The first kappa shape index (κ1) is 24.5. The van der Waals surface area contributed by atoms with E-state index < -0.39 is 18.2 Å². The Hall–Kier alpha value is -3.16. The molecule has 170 valence electrons. The number of ether oxygens (including phenoxy) is 2. The molecule has 3 rings (SSSR count). The van der Waals surface area contributed by atoms with Crippen molar-refractivity contribution < 1.29 is 19.1 Å². The van der Waals surface area contributed by atoms with Gasteiger partial charge in [0.2, 0.25) is 0 Å². The van der Waals surface area contributed by atoms with Gasteiger partial charge >= 0.3 is 12.1 Å². The molecule has 1 amide bonds. The summed E-state index contributed by atoms with van der Waals surface area (Å²) in [7, 11) is 0. The minimum Gasteiger partial charge on any atom is -0.458 e. The smallest absolute Gasteiger partial charge is 0.412 e. The predicted molar refractivity (Wildman–Crippen MR) is 133 cm³/mol. The molecule has 0 aliphatic heterocycles. The minimum atomic E-state index is -0.615. The molecule has 0 saturated heterocycles. The van der Waals surface area contributed by atoms with Crippen LogP contribution in [-0.2, 0) is 14.3 Å². The molecule has 7 heteroatoms. The number of benzene rings is 3. The summed E-state index contributed by atoms with van der Waals surface area (Å²) in [6, 6.07) is 26.0. The van der Waals surface area contributed by atoms with Crippen molar-refractivity contribution >= 4 is 41.3 Å². The van der Waals surface area contributed by atoms with Crippen LogP contribution in [0.1, 0.15) is 13.8 Å². The normalized spacial score (nSPS) is 11.3. The summed E-state index contributed by atoms with van der Waals surface area (Å²) in [5.74, 6) is -0.514. The molecule has 0 radical (unpaired) electrons. The number of carbonyl (C=O) groups is 2. The van der Waals surface area contributed by atoms with Crippen molar-refractivity contribution in [3.05, 3.63) is 91.0 Å². The molecule has 0 aliphatic rings. The molecule has 0 saturated carbocycles. The molecule has 5 nitrogen and oxygen atoms in total. The monoisotopic (exact) mass is 479 g/mol. The van der Waals surface area contributed by atoms with Crippen molar-refractivity contribution in [3.8, 4) is 0 Å². The van der Waals surface area contributed by atoms with Crippen molar-refractivity contribution in [1.29, 1.82) is 0 Å². The predicted octanol–water partition coefficient (Wildman–Crippen LogP) is 7.05. The summed E-state index contributed by atoms with van der Waals surface area (Å²) >= 11 is 3.25. The molecular formula is C26H25NO4S2. The van der Waals surface area contributed by atoms with Crippen LogP contribution in [0.25, 0.3) is 0 Å². The Bertz CT molecular complexity index is 1120. The first-order chi connectivity index (χ1) is 15.9. The van der Waals surface area contributed by atoms with E-state index in [1.165, 1.54) is 4.90 Å². The summed E-state index contributed by atoms with van der Waals surface area (Å²) in [5, 5.41) is 2.78. The van der Waals surface area contributed by atoms with Gasteiger partial charge in [-0.1, -0.05) is 66.5 Å². The van der Waals surface area contributed by atoms with E-state index in [0.29, 0.717) is 11.3 Å². The van der Waals surface area contributed by atoms with Gasteiger partial charge in [0.15, 0.2) is 0 Å². The lowest BCUT2D eigenvalue weighted by Crippen LogP contribution is -2.25. The number of carbonyl (C=O) groups excluding carboxylic acids is 2. The topological polar surface area (TPSA) is 64.6 Å². The molecule has 1 atom stereocenters. The number of anilines is 1. The van der Waals surface area contributed by atoms with Gasteiger partial charge in [-0.3, -0.25) is 5.32 Å². The van der Waals surface area contributed by atoms with Gasteiger partial charge in [0, 0.05) is 25.2 Å². The number of rotatable bonds is 9. The number of para-hydroxylation sites is 1. The van der Waals surface area contributed by atoms with Gasteiger partial charge in [-0.15, -0.1) is 0 Å². The minimum absolute atomic E-state index is 0.0403. The quantitative estimate of drug-likeness (QED) is 0.262. The van der Waals surface area contributed by atoms with Gasteiger partial charge < -0.3 is 9.47 Å². The first-order valence-electron chi connectivity index (χ1n) is 10.3. The molecule has 1 unspecified atom stereocenters. The van der Waals surface area contributed by atoms with E-state index in [2.05, 4.69) is 36.2 Å². The molecule has 0 fully saturated rings. The molecule has 0 bridgehead atoms. The molecule has 3 aromatic rings.